The minimum absolute atomic E-state index is 0.256. The molecule has 25 heavy (non-hydrogen) atoms. The van der Waals surface area contributed by atoms with E-state index in [0.717, 1.165) is 37.8 Å². The van der Waals surface area contributed by atoms with Crippen molar-refractivity contribution in [1.29, 1.82) is 0 Å². The number of hydrogen-bond acceptors (Lipinski definition) is 3. The first-order valence-electron chi connectivity index (χ1n) is 9.40. The molecule has 4 nitrogen and oxygen atoms in total. The SMILES string of the molecule is CC(CCC(CCC(C)C(C)O)c1c[nH]cn1)Cc1ccc(O)cc1. The number of aromatic amines is 1. The molecule has 1 heterocycles. The third kappa shape index (κ3) is 6.54. The van der Waals surface area contributed by atoms with Crippen molar-refractivity contribution >= 4 is 0 Å². The highest BCUT2D eigenvalue weighted by atomic mass is 16.3. The molecule has 0 aliphatic heterocycles. The monoisotopic (exact) mass is 344 g/mol. The van der Waals surface area contributed by atoms with E-state index in [2.05, 4.69) is 23.8 Å². The molecule has 4 unspecified atom stereocenters. The fourth-order valence-corrected chi connectivity index (χ4v) is 3.26. The minimum atomic E-state index is -0.256. The lowest BCUT2D eigenvalue weighted by molar-refractivity contribution is 0.127. The van der Waals surface area contributed by atoms with Crippen molar-refractivity contribution < 1.29 is 10.2 Å². The summed E-state index contributed by atoms with van der Waals surface area (Å²) in [6, 6.07) is 7.51. The molecule has 0 radical (unpaired) electrons. The van der Waals surface area contributed by atoms with Gasteiger partial charge in [-0.15, -0.1) is 0 Å². The number of nitrogens with zero attached hydrogens (tertiary/aromatic N) is 1. The van der Waals surface area contributed by atoms with Crippen LogP contribution in [0.25, 0.3) is 0 Å². The van der Waals surface area contributed by atoms with Gasteiger partial charge in [-0.05, 0) is 68.6 Å². The molecule has 0 aliphatic carbocycles. The standard InChI is InChI=1S/C21H32N2O2/c1-15(12-18-6-10-20(25)11-7-18)4-8-19(21-13-22-14-23-21)9-5-16(2)17(3)24/h6-7,10-11,13-17,19,24-25H,4-5,8-9,12H2,1-3H3,(H,22,23). The number of phenolic OH excluding ortho intramolecular Hbond substituents is 1. The van der Waals surface area contributed by atoms with Gasteiger partial charge in [0, 0.05) is 12.1 Å². The van der Waals surface area contributed by atoms with Crippen LogP contribution in [0.5, 0.6) is 5.75 Å². The molecule has 0 aliphatic rings. The van der Waals surface area contributed by atoms with Gasteiger partial charge in [-0.1, -0.05) is 26.0 Å². The number of phenols is 1. The summed E-state index contributed by atoms with van der Waals surface area (Å²) in [6.45, 7) is 6.26. The molecule has 2 aromatic rings. The highest BCUT2D eigenvalue weighted by Gasteiger charge is 2.18. The summed E-state index contributed by atoms with van der Waals surface area (Å²) < 4.78 is 0. The topological polar surface area (TPSA) is 69.1 Å². The first-order chi connectivity index (χ1) is 12.0. The number of H-pyrrole nitrogens is 1. The molecule has 138 valence electrons. The van der Waals surface area contributed by atoms with Crippen LogP contribution < -0.4 is 0 Å². The Morgan fingerprint density at radius 2 is 1.68 bits per heavy atom. The van der Waals surface area contributed by atoms with E-state index < -0.39 is 0 Å². The Morgan fingerprint density at radius 3 is 2.28 bits per heavy atom. The predicted octanol–water partition coefficient (Wildman–Crippen LogP) is 4.66. The largest absolute Gasteiger partial charge is 0.508 e. The van der Waals surface area contributed by atoms with E-state index >= 15 is 0 Å². The zero-order valence-electron chi connectivity index (χ0n) is 15.7. The maximum absolute atomic E-state index is 9.73. The summed E-state index contributed by atoms with van der Waals surface area (Å²) in [5.41, 5.74) is 2.40. The van der Waals surface area contributed by atoms with Crippen LogP contribution in [0.3, 0.4) is 0 Å². The van der Waals surface area contributed by atoms with Crippen molar-refractivity contribution in [3.05, 3.63) is 48.0 Å². The number of aromatic hydroxyl groups is 1. The molecule has 0 saturated carbocycles. The third-order valence-electron chi connectivity index (χ3n) is 5.26. The molecule has 3 N–H and O–H groups in total. The van der Waals surface area contributed by atoms with E-state index in [0.29, 0.717) is 23.5 Å². The average Bonchev–Trinajstić information content (AvgIpc) is 3.11. The number of imidazole rings is 1. The Kier molecular flexibility index (Phi) is 7.51. The van der Waals surface area contributed by atoms with E-state index in [1.165, 1.54) is 5.56 Å². The van der Waals surface area contributed by atoms with E-state index in [9.17, 15) is 10.2 Å². The Hall–Kier alpha value is -1.81. The van der Waals surface area contributed by atoms with E-state index in [1.54, 1.807) is 18.5 Å². The molecule has 0 spiro atoms. The number of aromatic nitrogens is 2. The van der Waals surface area contributed by atoms with Gasteiger partial charge in [0.1, 0.15) is 5.75 Å². The molecule has 0 saturated heterocycles. The van der Waals surface area contributed by atoms with Crippen molar-refractivity contribution in [3.8, 4) is 5.75 Å². The van der Waals surface area contributed by atoms with Crippen molar-refractivity contribution in [3.63, 3.8) is 0 Å². The molecular weight excluding hydrogens is 312 g/mol. The van der Waals surface area contributed by atoms with E-state index in [1.807, 2.05) is 25.3 Å². The second-order valence-electron chi connectivity index (χ2n) is 7.54. The quantitative estimate of drug-likeness (QED) is 0.587. The van der Waals surface area contributed by atoms with Crippen LogP contribution in [-0.2, 0) is 6.42 Å². The molecular formula is C21H32N2O2. The first-order valence-corrected chi connectivity index (χ1v) is 9.40. The lowest BCUT2D eigenvalue weighted by atomic mass is 9.86. The Balaban J connectivity index is 1.87. The van der Waals surface area contributed by atoms with Gasteiger partial charge in [0.25, 0.3) is 0 Å². The number of benzene rings is 1. The Labute approximate surface area is 151 Å². The van der Waals surface area contributed by atoms with Crippen molar-refractivity contribution in [2.24, 2.45) is 11.8 Å². The van der Waals surface area contributed by atoms with E-state index in [4.69, 9.17) is 0 Å². The highest BCUT2D eigenvalue weighted by molar-refractivity contribution is 5.26. The lowest BCUT2D eigenvalue weighted by Gasteiger charge is -2.21. The maximum atomic E-state index is 9.73. The van der Waals surface area contributed by atoms with Gasteiger partial charge in [0.15, 0.2) is 0 Å². The van der Waals surface area contributed by atoms with E-state index in [-0.39, 0.29) is 6.10 Å². The normalized spacial score (nSPS) is 16.3. The maximum Gasteiger partial charge on any atom is 0.115 e. The predicted molar refractivity (Wildman–Crippen MR) is 102 cm³/mol. The van der Waals surface area contributed by atoms with Gasteiger partial charge >= 0.3 is 0 Å². The number of aliphatic hydroxyl groups excluding tert-OH is 1. The van der Waals surface area contributed by atoms with Gasteiger partial charge in [-0.25, -0.2) is 4.98 Å². The Morgan fingerprint density at radius 1 is 1.00 bits per heavy atom. The minimum Gasteiger partial charge on any atom is -0.508 e. The van der Waals surface area contributed by atoms with Gasteiger partial charge < -0.3 is 15.2 Å². The highest BCUT2D eigenvalue weighted by Crippen LogP contribution is 2.29. The second-order valence-corrected chi connectivity index (χ2v) is 7.54. The Bertz CT molecular complexity index is 593. The van der Waals surface area contributed by atoms with Gasteiger partial charge in [0.05, 0.1) is 18.1 Å². The molecule has 1 aromatic heterocycles. The lowest BCUT2D eigenvalue weighted by Crippen LogP contribution is -2.14. The fourth-order valence-electron chi connectivity index (χ4n) is 3.26. The molecule has 4 heteroatoms. The smallest absolute Gasteiger partial charge is 0.115 e. The summed E-state index contributed by atoms with van der Waals surface area (Å²) in [5, 5.41) is 19.1. The molecule has 1 aromatic carbocycles. The van der Waals surface area contributed by atoms with Crippen LogP contribution in [0.2, 0.25) is 0 Å². The molecule has 0 bridgehead atoms. The van der Waals surface area contributed by atoms with Crippen LogP contribution in [0.1, 0.15) is 63.6 Å². The van der Waals surface area contributed by atoms with Crippen molar-refractivity contribution in [1.82, 2.24) is 9.97 Å². The van der Waals surface area contributed by atoms with Crippen LogP contribution >= 0.6 is 0 Å². The molecule has 2 rings (SSSR count). The molecule has 0 amide bonds. The third-order valence-corrected chi connectivity index (χ3v) is 5.26. The van der Waals surface area contributed by atoms with Crippen LogP contribution in [0, 0.1) is 11.8 Å². The van der Waals surface area contributed by atoms with Crippen LogP contribution in [0.4, 0.5) is 0 Å². The first kappa shape index (κ1) is 19.5. The summed E-state index contributed by atoms with van der Waals surface area (Å²) in [5.74, 6) is 1.66. The van der Waals surface area contributed by atoms with Crippen LogP contribution in [0.15, 0.2) is 36.8 Å². The molecule has 0 fully saturated rings. The van der Waals surface area contributed by atoms with Gasteiger partial charge in [-0.3, -0.25) is 0 Å². The summed E-state index contributed by atoms with van der Waals surface area (Å²) in [6.07, 6.45) is 8.84. The number of nitrogens with one attached hydrogen (secondary N) is 1. The number of hydrogen-bond donors (Lipinski definition) is 3. The number of rotatable bonds is 10. The zero-order chi connectivity index (χ0) is 18.2. The molecule has 4 atom stereocenters. The summed E-state index contributed by atoms with van der Waals surface area (Å²) in [4.78, 5) is 7.53. The van der Waals surface area contributed by atoms with Gasteiger partial charge in [-0.2, -0.15) is 0 Å². The van der Waals surface area contributed by atoms with Crippen molar-refractivity contribution in [2.75, 3.05) is 0 Å². The summed E-state index contributed by atoms with van der Waals surface area (Å²) in [7, 11) is 0. The average molecular weight is 344 g/mol. The second kappa shape index (κ2) is 9.62. The zero-order valence-corrected chi connectivity index (χ0v) is 15.7. The number of aliphatic hydroxyl groups is 1. The van der Waals surface area contributed by atoms with Crippen LogP contribution in [-0.4, -0.2) is 26.3 Å². The summed E-state index contributed by atoms with van der Waals surface area (Å²) >= 11 is 0. The van der Waals surface area contributed by atoms with Gasteiger partial charge in [0.2, 0.25) is 0 Å². The fraction of sp³-hybridized carbons (Fsp3) is 0.571. The van der Waals surface area contributed by atoms with Crippen molar-refractivity contribution in [2.45, 2.75) is 64.9 Å².